The first-order chi connectivity index (χ1) is 10.9. The van der Waals surface area contributed by atoms with E-state index in [0.29, 0.717) is 10.9 Å². The Bertz CT molecular complexity index is 707. The van der Waals surface area contributed by atoms with Crippen LogP contribution in [0.15, 0.2) is 22.2 Å². The Kier molecular flexibility index (Phi) is 4.68. The van der Waals surface area contributed by atoms with Crippen molar-refractivity contribution in [1.82, 2.24) is 15.0 Å². The Morgan fingerprint density at radius 2 is 1.25 bits per heavy atom. The lowest BCUT2D eigenvalue weighted by Crippen LogP contribution is -2.17. The number of aromatic hydroxyl groups is 1. The molecule has 0 saturated heterocycles. The van der Waals surface area contributed by atoms with E-state index in [1.807, 2.05) is 12.1 Å². The molecular weight excluding hydrogens is 322 g/mol. The highest BCUT2D eigenvalue weighted by Crippen LogP contribution is 2.42. The minimum atomic E-state index is -0.197. The van der Waals surface area contributed by atoms with Gasteiger partial charge in [-0.05, 0) is 34.7 Å². The molecular formula is C17H25N5OS. The monoisotopic (exact) mass is 347 g/mol. The summed E-state index contributed by atoms with van der Waals surface area (Å²) in [5.74, 6) is 0.528. The third-order valence-electron chi connectivity index (χ3n) is 3.56. The van der Waals surface area contributed by atoms with E-state index < -0.39 is 0 Å². The first kappa shape index (κ1) is 18.3. The van der Waals surface area contributed by atoms with E-state index in [-0.39, 0.29) is 22.7 Å². The zero-order valence-corrected chi connectivity index (χ0v) is 15.8. The SMILES string of the molecule is CC(C)(C)c1cc(Sc2nc(N)nc(N)n2)cc(C(C)(C)C)c1O. The van der Waals surface area contributed by atoms with Crippen LogP contribution in [-0.4, -0.2) is 20.1 Å². The molecule has 0 spiro atoms. The number of benzene rings is 1. The van der Waals surface area contributed by atoms with E-state index in [4.69, 9.17) is 11.5 Å². The van der Waals surface area contributed by atoms with Gasteiger partial charge in [-0.15, -0.1) is 0 Å². The molecule has 0 bridgehead atoms. The predicted octanol–water partition coefficient (Wildman–Crippen LogP) is 3.49. The van der Waals surface area contributed by atoms with Crippen LogP contribution in [0.3, 0.4) is 0 Å². The molecule has 5 N–H and O–H groups in total. The molecule has 1 heterocycles. The van der Waals surface area contributed by atoms with Crippen LogP contribution in [0.5, 0.6) is 5.75 Å². The number of nitrogens with zero attached hydrogens (tertiary/aromatic N) is 3. The van der Waals surface area contributed by atoms with Crippen LogP contribution in [0.4, 0.5) is 11.9 Å². The molecule has 0 atom stereocenters. The minimum absolute atomic E-state index is 0.0934. The number of nitrogens with two attached hydrogens (primary N) is 2. The third kappa shape index (κ3) is 4.08. The van der Waals surface area contributed by atoms with Crippen molar-refractivity contribution in [2.75, 3.05) is 11.5 Å². The van der Waals surface area contributed by atoms with Gasteiger partial charge in [-0.1, -0.05) is 41.5 Å². The maximum absolute atomic E-state index is 10.7. The topological polar surface area (TPSA) is 111 Å². The van der Waals surface area contributed by atoms with Gasteiger partial charge in [-0.3, -0.25) is 0 Å². The Morgan fingerprint density at radius 3 is 1.62 bits per heavy atom. The Labute approximate surface area is 147 Å². The normalized spacial score (nSPS) is 12.4. The van der Waals surface area contributed by atoms with Crippen LogP contribution < -0.4 is 11.5 Å². The van der Waals surface area contributed by atoms with Crippen molar-refractivity contribution in [2.24, 2.45) is 0 Å². The number of hydrogen-bond acceptors (Lipinski definition) is 7. The highest BCUT2D eigenvalue weighted by atomic mass is 32.2. The number of phenolic OH excluding ortho intramolecular Hbond substituents is 1. The smallest absolute Gasteiger partial charge is 0.225 e. The van der Waals surface area contributed by atoms with Crippen LogP contribution in [0.1, 0.15) is 52.7 Å². The van der Waals surface area contributed by atoms with Crippen molar-refractivity contribution >= 4 is 23.7 Å². The standard InChI is InChI=1S/C17H25N5OS/c1-16(2,3)10-7-9(8-11(12(10)23)17(4,5)6)24-15-21-13(18)20-14(19)22-15/h7-8,23H,1-6H3,(H4,18,19,20,21,22). The largest absolute Gasteiger partial charge is 0.507 e. The maximum atomic E-state index is 10.7. The fourth-order valence-electron chi connectivity index (χ4n) is 2.35. The zero-order valence-electron chi connectivity index (χ0n) is 15.0. The second-order valence-electron chi connectivity index (χ2n) is 7.80. The molecule has 2 rings (SSSR count). The number of anilines is 2. The highest BCUT2D eigenvalue weighted by molar-refractivity contribution is 7.99. The molecule has 0 fully saturated rings. The molecule has 6 nitrogen and oxygen atoms in total. The first-order valence-corrected chi connectivity index (χ1v) is 8.52. The van der Waals surface area contributed by atoms with Crippen LogP contribution in [0, 0.1) is 0 Å². The molecule has 0 aliphatic carbocycles. The molecule has 2 aromatic rings. The first-order valence-electron chi connectivity index (χ1n) is 7.71. The van der Waals surface area contributed by atoms with Gasteiger partial charge in [0.15, 0.2) is 5.16 Å². The van der Waals surface area contributed by atoms with E-state index >= 15 is 0 Å². The van der Waals surface area contributed by atoms with Gasteiger partial charge in [-0.25, -0.2) is 0 Å². The summed E-state index contributed by atoms with van der Waals surface area (Å²) < 4.78 is 0. The summed E-state index contributed by atoms with van der Waals surface area (Å²) in [7, 11) is 0. The van der Waals surface area contributed by atoms with Gasteiger partial charge in [-0.2, -0.15) is 15.0 Å². The van der Waals surface area contributed by atoms with Crippen molar-refractivity contribution in [3.8, 4) is 5.75 Å². The van der Waals surface area contributed by atoms with E-state index in [2.05, 4.69) is 56.5 Å². The third-order valence-corrected chi connectivity index (χ3v) is 4.39. The van der Waals surface area contributed by atoms with E-state index in [0.717, 1.165) is 16.0 Å². The summed E-state index contributed by atoms with van der Waals surface area (Å²) in [6.45, 7) is 12.4. The van der Waals surface area contributed by atoms with Gasteiger partial charge in [0, 0.05) is 16.0 Å². The molecule has 130 valence electrons. The second-order valence-corrected chi connectivity index (χ2v) is 8.84. The van der Waals surface area contributed by atoms with Gasteiger partial charge in [0.25, 0.3) is 0 Å². The number of hydrogen-bond donors (Lipinski definition) is 3. The zero-order chi connectivity index (χ0) is 18.3. The molecule has 0 aliphatic heterocycles. The molecule has 1 aromatic heterocycles. The van der Waals surface area contributed by atoms with Crippen LogP contribution in [0.25, 0.3) is 0 Å². The predicted molar refractivity (Wildman–Crippen MR) is 98.3 cm³/mol. The second kappa shape index (κ2) is 6.12. The van der Waals surface area contributed by atoms with Gasteiger partial charge in [0.05, 0.1) is 0 Å². The summed E-state index contributed by atoms with van der Waals surface area (Å²) in [6, 6.07) is 3.93. The van der Waals surface area contributed by atoms with E-state index in [1.54, 1.807) is 0 Å². The Balaban J connectivity index is 2.58. The van der Waals surface area contributed by atoms with Gasteiger partial charge >= 0.3 is 0 Å². The summed E-state index contributed by atoms with van der Waals surface area (Å²) in [5.41, 5.74) is 12.7. The number of aromatic nitrogens is 3. The van der Waals surface area contributed by atoms with E-state index in [1.165, 1.54) is 11.8 Å². The molecule has 7 heteroatoms. The Morgan fingerprint density at radius 1 is 0.833 bits per heavy atom. The fourth-order valence-corrected chi connectivity index (χ4v) is 3.19. The number of rotatable bonds is 2. The average molecular weight is 347 g/mol. The summed E-state index contributed by atoms with van der Waals surface area (Å²) >= 11 is 1.35. The molecule has 0 unspecified atom stereocenters. The molecule has 0 radical (unpaired) electrons. The molecule has 24 heavy (non-hydrogen) atoms. The van der Waals surface area contributed by atoms with Gasteiger partial charge in [0.1, 0.15) is 5.75 Å². The number of phenols is 1. The quantitative estimate of drug-likeness (QED) is 0.762. The fraction of sp³-hybridized carbons (Fsp3) is 0.471. The van der Waals surface area contributed by atoms with Crippen molar-refractivity contribution in [3.05, 3.63) is 23.3 Å². The molecule has 0 aliphatic rings. The van der Waals surface area contributed by atoms with Crippen molar-refractivity contribution < 1.29 is 5.11 Å². The number of nitrogen functional groups attached to an aromatic ring is 2. The minimum Gasteiger partial charge on any atom is -0.507 e. The van der Waals surface area contributed by atoms with Crippen LogP contribution >= 0.6 is 11.8 Å². The van der Waals surface area contributed by atoms with Crippen LogP contribution in [0.2, 0.25) is 0 Å². The molecule has 0 saturated carbocycles. The van der Waals surface area contributed by atoms with Crippen molar-refractivity contribution in [2.45, 2.75) is 62.4 Å². The lowest BCUT2D eigenvalue weighted by molar-refractivity contribution is 0.422. The lowest BCUT2D eigenvalue weighted by Gasteiger charge is -2.28. The molecule has 1 aromatic carbocycles. The average Bonchev–Trinajstić information content (AvgIpc) is 2.36. The molecule has 0 amide bonds. The Hall–Kier alpha value is -2.02. The highest BCUT2D eigenvalue weighted by Gasteiger charge is 2.27. The van der Waals surface area contributed by atoms with Gasteiger partial charge in [0.2, 0.25) is 11.9 Å². The van der Waals surface area contributed by atoms with Crippen LogP contribution in [-0.2, 0) is 10.8 Å². The van der Waals surface area contributed by atoms with Crippen molar-refractivity contribution in [3.63, 3.8) is 0 Å². The van der Waals surface area contributed by atoms with Gasteiger partial charge < -0.3 is 16.6 Å². The summed E-state index contributed by atoms with van der Waals surface area (Å²) in [6.07, 6.45) is 0. The summed E-state index contributed by atoms with van der Waals surface area (Å²) in [4.78, 5) is 12.9. The maximum Gasteiger partial charge on any atom is 0.225 e. The summed E-state index contributed by atoms with van der Waals surface area (Å²) in [5, 5.41) is 11.2. The lowest BCUT2D eigenvalue weighted by atomic mass is 9.79. The van der Waals surface area contributed by atoms with Crippen molar-refractivity contribution in [1.29, 1.82) is 0 Å². The van der Waals surface area contributed by atoms with E-state index in [9.17, 15) is 5.11 Å².